The third kappa shape index (κ3) is 5.35. The Bertz CT molecular complexity index is 1120. The van der Waals surface area contributed by atoms with Gasteiger partial charge in [-0.15, -0.1) is 0 Å². The second kappa shape index (κ2) is 10.6. The van der Waals surface area contributed by atoms with E-state index in [0.717, 1.165) is 36.9 Å². The molecule has 0 radical (unpaired) electrons. The Balaban J connectivity index is 1.69. The number of ether oxygens (including phenoxy) is 1. The van der Waals surface area contributed by atoms with Crippen molar-refractivity contribution in [2.75, 3.05) is 26.7 Å². The summed E-state index contributed by atoms with van der Waals surface area (Å²) >= 11 is 0. The summed E-state index contributed by atoms with van der Waals surface area (Å²) in [5.41, 5.74) is 3.37. The largest absolute Gasteiger partial charge is 0.487 e. The number of benzene rings is 1. The van der Waals surface area contributed by atoms with Crippen molar-refractivity contribution in [1.82, 2.24) is 14.2 Å². The number of pyridine rings is 1. The van der Waals surface area contributed by atoms with Crippen LogP contribution >= 0.6 is 0 Å². The zero-order chi connectivity index (χ0) is 24.3. The van der Waals surface area contributed by atoms with Gasteiger partial charge < -0.3 is 9.84 Å². The molecule has 0 unspecified atom stereocenters. The minimum atomic E-state index is -3.82. The second-order valence-corrected chi connectivity index (χ2v) is 11.4. The monoisotopic (exact) mass is 485 g/mol. The summed E-state index contributed by atoms with van der Waals surface area (Å²) in [6.45, 7) is 5.15. The van der Waals surface area contributed by atoms with Crippen molar-refractivity contribution in [2.45, 2.75) is 56.7 Å². The van der Waals surface area contributed by atoms with Crippen LogP contribution in [0.5, 0.6) is 5.75 Å². The Kier molecular flexibility index (Phi) is 7.72. The van der Waals surface area contributed by atoms with Gasteiger partial charge >= 0.3 is 0 Å². The molecule has 2 heterocycles. The summed E-state index contributed by atoms with van der Waals surface area (Å²) in [6.07, 6.45) is 8.77. The fourth-order valence-corrected chi connectivity index (χ4v) is 6.58. The molecule has 7 nitrogen and oxygen atoms in total. The van der Waals surface area contributed by atoms with E-state index in [1.807, 2.05) is 44.4 Å². The molecule has 0 bridgehead atoms. The van der Waals surface area contributed by atoms with E-state index in [2.05, 4.69) is 16.0 Å². The first-order valence-electron chi connectivity index (χ1n) is 12.0. The van der Waals surface area contributed by atoms with E-state index in [0.29, 0.717) is 12.3 Å². The maximum absolute atomic E-state index is 13.6. The third-order valence-electron chi connectivity index (χ3n) is 6.75. The lowest BCUT2D eigenvalue weighted by molar-refractivity contribution is 0.0733. The van der Waals surface area contributed by atoms with Gasteiger partial charge in [-0.3, -0.25) is 9.88 Å². The Morgan fingerprint density at radius 3 is 2.82 bits per heavy atom. The number of likely N-dealkylation sites (N-methyl/N-ethyl adjacent to an activating group) is 1. The number of hydrogen-bond acceptors (Lipinski definition) is 6. The number of allylic oxidation sites excluding steroid dienone is 2. The van der Waals surface area contributed by atoms with Gasteiger partial charge in [0.25, 0.3) is 0 Å². The van der Waals surface area contributed by atoms with Crippen LogP contribution in [-0.2, 0) is 16.6 Å². The first-order chi connectivity index (χ1) is 16.3. The number of hydrogen-bond donors (Lipinski definition) is 1. The van der Waals surface area contributed by atoms with Crippen LogP contribution in [0, 0.1) is 5.92 Å². The van der Waals surface area contributed by atoms with Crippen molar-refractivity contribution in [3.63, 3.8) is 0 Å². The van der Waals surface area contributed by atoms with Crippen LogP contribution in [0.25, 0.3) is 5.57 Å². The molecule has 34 heavy (non-hydrogen) atoms. The molecule has 1 aromatic carbocycles. The maximum atomic E-state index is 13.6. The molecule has 0 fully saturated rings. The van der Waals surface area contributed by atoms with Crippen molar-refractivity contribution in [3.05, 3.63) is 59.9 Å². The standard InChI is InChI=1S/C26H35N3O4S/c1-19-15-29(20(2)18-30)34(31,32)26-11-10-23(22-8-4-5-9-22)13-24(26)33-25(19)17-28(3)16-21-7-6-12-27-14-21/h6-8,10-14,19-20,25,30H,4-5,9,15-18H2,1-3H3/t19-,20+,25-/m1/s1. The van der Waals surface area contributed by atoms with Gasteiger partial charge in [-0.25, -0.2) is 8.42 Å². The summed E-state index contributed by atoms with van der Waals surface area (Å²) in [5, 5.41) is 9.82. The second-order valence-electron chi connectivity index (χ2n) is 9.58. The maximum Gasteiger partial charge on any atom is 0.247 e. The first-order valence-corrected chi connectivity index (χ1v) is 13.4. The van der Waals surface area contributed by atoms with Gasteiger partial charge in [0.1, 0.15) is 16.7 Å². The Hall–Kier alpha value is -2.26. The zero-order valence-corrected chi connectivity index (χ0v) is 21.0. The fraction of sp³-hybridized carbons (Fsp3) is 0.500. The summed E-state index contributed by atoms with van der Waals surface area (Å²) in [6, 6.07) is 8.88. The number of aliphatic hydroxyl groups excluding tert-OH is 1. The Morgan fingerprint density at radius 1 is 1.32 bits per heavy atom. The van der Waals surface area contributed by atoms with Crippen molar-refractivity contribution < 1.29 is 18.3 Å². The van der Waals surface area contributed by atoms with E-state index in [1.165, 1.54) is 9.88 Å². The Labute approximate surface area is 203 Å². The molecular weight excluding hydrogens is 450 g/mol. The topological polar surface area (TPSA) is 83.0 Å². The molecular formula is C26H35N3O4S. The molecule has 184 valence electrons. The molecule has 2 aliphatic rings. The lowest BCUT2D eigenvalue weighted by Crippen LogP contribution is -2.49. The van der Waals surface area contributed by atoms with Gasteiger partial charge in [-0.2, -0.15) is 4.31 Å². The van der Waals surface area contributed by atoms with Gasteiger partial charge in [0, 0.05) is 44.0 Å². The van der Waals surface area contributed by atoms with E-state index < -0.39 is 16.1 Å². The molecule has 1 aliphatic heterocycles. The van der Waals surface area contributed by atoms with Crippen LogP contribution < -0.4 is 4.74 Å². The van der Waals surface area contributed by atoms with E-state index >= 15 is 0 Å². The van der Waals surface area contributed by atoms with Gasteiger partial charge in [-0.05, 0) is 68.1 Å². The SMILES string of the molecule is C[C@@H]1CN([C@@H](C)CO)S(=O)(=O)c2ccc(C3=CCCC3)cc2O[C@@H]1CN(C)Cc1cccnc1. The van der Waals surface area contributed by atoms with E-state index in [-0.39, 0.29) is 30.1 Å². The lowest BCUT2D eigenvalue weighted by Gasteiger charge is -2.37. The molecule has 0 saturated heterocycles. The lowest BCUT2D eigenvalue weighted by atomic mass is 10.0. The quantitative estimate of drug-likeness (QED) is 0.646. The molecule has 2 aromatic rings. The number of rotatable bonds is 7. The van der Waals surface area contributed by atoms with E-state index in [1.54, 1.807) is 19.2 Å². The summed E-state index contributed by atoms with van der Waals surface area (Å²) in [5.74, 6) is 0.314. The zero-order valence-electron chi connectivity index (χ0n) is 20.2. The normalized spacial score (nSPS) is 23.5. The first kappa shape index (κ1) is 24.9. The van der Waals surface area contributed by atoms with Crippen LogP contribution in [0.1, 0.15) is 44.2 Å². The van der Waals surface area contributed by atoms with Crippen molar-refractivity contribution in [1.29, 1.82) is 0 Å². The van der Waals surface area contributed by atoms with E-state index in [9.17, 15) is 13.5 Å². The minimum Gasteiger partial charge on any atom is -0.487 e. The average Bonchev–Trinajstić information content (AvgIpc) is 3.36. The number of sulfonamides is 1. The molecule has 3 atom stereocenters. The molecule has 0 spiro atoms. The highest BCUT2D eigenvalue weighted by molar-refractivity contribution is 7.89. The Morgan fingerprint density at radius 2 is 2.15 bits per heavy atom. The fourth-order valence-electron chi connectivity index (χ4n) is 4.75. The molecule has 8 heteroatoms. The molecule has 0 amide bonds. The molecule has 0 saturated carbocycles. The third-order valence-corrected chi connectivity index (χ3v) is 8.77. The predicted octanol–water partition coefficient (Wildman–Crippen LogP) is 3.55. The van der Waals surface area contributed by atoms with Gasteiger partial charge in [-0.1, -0.05) is 25.1 Å². The molecule has 1 aliphatic carbocycles. The number of nitrogens with zero attached hydrogens (tertiary/aromatic N) is 3. The average molecular weight is 486 g/mol. The molecule has 4 rings (SSSR count). The van der Waals surface area contributed by atoms with Crippen molar-refractivity contribution in [2.24, 2.45) is 5.92 Å². The highest BCUT2D eigenvalue weighted by atomic mass is 32.2. The van der Waals surface area contributed by atoms with E-state index in [4.69, 9.17) is 4.74 Å². The van der Waals surface area contributed by atoms with Gasteiger partial charge in [0.05, 0.1) is 6.61 Å². The van der Waals surface area contributed by atoms with Gasteiger partial charge in [0.15, 0.2) is 0 Å². The van der Waals surface area contributed by atoms with Crippen LogP contribution in [0.15, 0.2) is 53.7 Å². The van der Waals surface area contributed by atoms with Crippen molar-refractivity contribution >= 4 is 15.6 Å². The number of aliphatic hydroxyl groups is 1. The number of fused-ring (bicyclic) bond motifs is 1. The molecule has 1 N–H and O–H groups in total. The minimum absolute atomic E-state index is 0.0809. The van der Waals surface area contributed by atoms with Crippen LogP contribution in [0.4, 0.5) is 0 Å². The van der Waals surface area contributed by atoms with Gasteiger partial charge in [0.2, 0.25) is 10.0 Å². The summed E-state index contributed by atoms with van der Waals surface area (Å²) in [7, 11) is -1.79. The van der Waals surface area contributed by atoms with Crippen molar-refractivity contribution in [3.8, 4) is 5.75 Å². The summed E-state index contributed by atoms with van der Waals surface area (Å²) in [4.78, 5) is 6.54. The molecule has 1 aromatic heterocycles. The van der Waals surface area contributed by atoms with Crippen LogP contribution in [-0.4, -0.2) is 66.6 Å². The smallest absolute Gasteiger partial charge is 0.247 e. The highest BCUT2D eigenvalue weighted by Crippen LogP contribution is 2.37. The predicted molar refractivity (Wildman–Crippen MR) is 133 cm³/mol. The van der Waals surface area contributed by atoms with Crippen LogP contribution in [0.2, 0.25) is 0 Å². The highest BCUT2D eigenvalue weighted by Gasteiger charge is 2.38. The number of aromatic nitrogens is 1. The summed E-state index contributed by atoms with van der Waals surface area (Å²) < 4.78 is 35.2. The van der Waals surface area contributed by atoms with Crippen LogP contribution in [0.3, 0.4) is 0 Å².